The minimum atomic E-state index is -0.406. The second-order valence-electron chi connectivity index (χ2n) is 9.04. The molecule has 3 rings (SSSR count). The molecule has 0 aliphatic heterocycles. The Bertz CT molecular complexity index is 558. The van der Waals surface area contributed by atoms with Crippen LogP contribution in [0.15, 0.2) is 12.1 Å². The average Bonchev–Trinajstić information content (AvgIpc) is 2.70. The Labute approximate surface area is 162 Å². The molecule has 2 saturated carbocycles. The topological polar surface area (TPSA) is 0 Å². The van der Waals surface area contributed by atoms with E-state index in [1.807, 2.05) is 0 Å². The summed E-state index contributed by atoms with van der Waals surface area (Å²) in [4.78, 5) is 0. The first kappa shape index (κ1) is 20.7. The van der Waals surface area contributed by atoms with Crippen molar-refractivity contribution in [2.24, 2.45) is 17.8 Å². The summed E-state index contributed by atoms with van der Waals surface area (Å²) in [6.07, 6.45) is 14.1. The highest BCUT2D eigenvalue weighted by atomic mass is 19.1. The van der Waals surface area contributed by atoms with E-state index < -0.39 is 11.6 Å². The highest BCUT2D eigenvalue weighted by molar-refractivity contribution is 5.28. The van der Waals surface area contributed by atoms with Crippen LogP contribution in [0.5, 0.6) is 0 Å². The normalized spacial score (nSPS) is 29.0. The second kappa shape index (κ2) is 9.98. The SMILES string of the molecule is Cc1c(F)cc(C2CCC(C3CCC(CCCCCF)CC3)CC2)cc1F. The lowest BCUT2D eigenvalue weighted by Gasteiger charge is -2.38. The van der Waals surface area contributed by atoms with Crippen LogP contribution in [0, 0.1) is 36.3 Å². The van der Waals surface area contributed by atoms with Gasteiger partial charge in [0.05, 0.1) is 6.67 Å². The van der Waals surface area contributed by atoms with Crippen LogP contribution in [-0.4, -0.2) is 6.67 Å². The van der Waals surface area contributed by atoms with Crippen molar-refractivity contribution in [3.8, 4) is 0 Å². The van der Waals surface area contributed by atoms with E-state index in [1.54, 1.807) is 12.1 Å². The molecule has 0 nitrogen and oxygen atoms in total. The van der Waals surface area contributed by atoms with Crippen LogP contribution in [0.4, 0.5) is 13.2 Å². The van der Waals surface area contributed by atoms with Crippen molar-refractivity contribution in [3.63, 3.8) is 0 Å². The number of rotatable bonds is 7. The largest absolute Gasteiger partial charge is 0.251 e. The molecule has 152 valence electrons. The van der Waals surface area contributed by atoms with Gasteiger partial charge >= 0.3 is 0 Å². The predicted octanol–water partition coefficient (Wildman–Crippen LogP) is 7.88. The minimum Gasteiger partial charge on any atom is -0.251 e. The molecule has 0 bridgehead atoms. The van der Waals surface area contributed by atoms with Gasteiger partial charge in [-0.05, 0) is 93.2 Å². The number of hydrogen-bond acceptors (Lipinski definition) is 0. The van der Waals surface area contributed by atoms with Crippen LogP contribution in [-0.2, 0) is 0 Å². The zero-order chi connectivity index (χ0) is 19.2. The molecule has 0 radical (unpaired) electrons. The van der Waals surface area contributed by atoms with E-state index in [2.05, 4.69) is 0 Å². The molecule has 2 aliphatic rings. The quantitative estimate of drug-likeness (QED) is 0.422. The molecule has 0 spiro atoms. The van der Waals surface area contributed by atoms with E-state index in [4.69, 9.17) is 0 Å². The number of hydrogen-bond donors (Lipinski definition) is 0. The third-order valence-corrected chi connectivity index (χ3v) is 7.35. The van der Waals surface area contributed by atoms with Crippen LogP contribution < -0.4 is 0 Å². The first-order valence-corrected chi connectivity index (χ1v) is 11.1. The second-order valence-corrected chi connectivity index (χ2v) is 9.04. The fraction of sp³-hybridized carbons (Fsp3) is 0.750. The van der Waals surface area contributed by atoms with Crippen LogP contribution in [0.25, 0.3) is 0 Å². The standard InChI is InChI=1S/C24H35F3/c1-17-23(26)15-22(16-24(17)27)21-12-10-20(11-13-21)19-8-6-18(7-9-19)5-3-2-4-14-25/h15-16,18-21H,2-14H2,1H3. The molecule has 1 aromatic carbocycles. The molecule has 2 aliphatic carbocycles. The maximum absolute atomic E-state index is 13.9. The van der Waals surface area contributed by atoms with Crippen LogP contribution >= 0.6 is 0 Å². The fourth-order valence-corrected chi connectivity index (χ4v) is 5.48. The van der Waals surface area contributed by atoms with Crippen LogP contribution in [0.3, 0.4) is 0 Å². The third kappa shape index (κ3) is 5.51. The molecular formula is C24H35F3. The number of alkyl halides is 1. The van der Waals surface area contributed by atoms with Crippen molar-refractivity contribution in [1.82, 2.24) is 0 Å². The summed E-state index contributed by atoms with van der Waals surface area (Å²) >= 11 is 0. The van der Waals surface area contributed by atoms with Crippen molar-refractivity contribution in [1.29, 1.82) is 0 Å². The van der Waals surface area contributed by atoms with E-state index in [9.17, 15) is 13.2 Å². The minimum absolute atomic E-state index is 0.133. The maximum atomic E-state index is 13.9. The Balaban J connectivity index is 1.42. The highest BCUT2D eigenvalue weighted by Crippen LogP contribution is 2.44. The van der Waals surface area contributed by atoms with Gasteiger partial charge < -0.3 is 0 Å². The van der Waals surface area contributed by atoms with Gasteiger partial charge in [0.15, 0.2) is 0 Å². The first-order valence-electron chi connectivity index (χ1n) is 11.1. The van der Waals surface area contributed by atoms with E-state index >= 15 is 0 Å². The van der Waals surface area contributed by atoms with Gasteiger partial charge in [-0.15, -0.1) is 0 Å². The highest BCUT2D eigenvalue weighted by Gasteiger charge is 2.31. The summed E-state index contributed by atoms with van der Waals surface area (Å²) < 4.78 is 39.9. The van der Waals surface area contributed by atoms with Gasteiger partial charge in [-0.25, -0.2) is 8.78 Å². The monoisotopic (exact) mass is 380 g/mol. The molecule has 1 aromatic rings. The Kier molecular flexibility index (Phi) is 7.66. The molecular weight excluding hydrogens is 345 g/mol. The van der Waals surface area contributed by atoms with Crippen molar-refractivity contribution in [2.75, 3.05) is 6.67 Å². The van der Waals surface area contributed by atoms with Crippen LogP contribution in [0.2, 0.25) is 0 Å². The van der Waals surface area contributed by atoms with Gasteiger partial charge in [-0.1, -0.05) is 32.1 Å². The van der Waals surface area contributed by atoms with E-state index in [0.717, 1.165) is 49.0 Å². The van der Waals surface area contributed by atoms with Gasteiger partial charge in [0.2, 0.25) is 0 Å². The molecule has 0 heterocycles. The van der Waals surface area contributed by atoms with E-state index in [0.29, 0.717) is 5.92 Å². The summed E-state index contributed by atoms with van der Waals surface area (Å²) in [5, 5.41) is 0. The van der Waals surface area contributed by atoms with Crippen molar-refractivity contribution < 1.29 is 13.2 Å². The van der Waals surface area contributed by atoms with Gasteiger partial charge in [0.1, 0.15) is 11.6 Å². The Hall–Kier alpha value is -0.990. The first-order chi connectivity index (χ1) is 13.1. The smallest absolute Gasteiger partial charge is 0.129 e. The molecule has 0 amide bonds. The zero-order valence-electron chi connectivity index (χ0n) is 16.8. The summed E-state index contributed by atoms with van der Waals surface area (Å²) in [5.41, 5.74) is 0.986. The molecule has 2 fully saturated rings. The van der Waals surface area contributed by atoms with Crippen LogP contribution in [0.1, 0.15) is 94.1 Å². The van der Waals surface area contributed by atoms with Gasteiger partial charge in [-0.3, -0.25) is 4.39 Å². The van der Waals surface area contributed by atoms with Gasteiger partial charge in [-0.2, -0.15) is 0 Å². The fourth-order valence-electron chi connectivity index (χ4n) is 5.48. The van der Waals surface area contributed by atoms with Crippen molar-refractivity contribution >= 4 is 0 Å². The predicted molar refractivity (Wildman–Crippen MR) is 106 cm³/mol. The number of unbranched alkanes of at least 4 members (excludes halogenated alkanes) is 2. The van der Waals surface area contributed by atoms with Crippen molar-refractivity contribution in [2.45, 2.75) is 89.9 Å². The lowest BCUT2D eigenvalue weighted by molar-refractivity contribution is 0.155. The summed E-state index contributed by atoms with van der Waals surface area (Å²) in [6, 6.07) is 3.11. The zero-order valence-corrected chi connectivity index (χ0v) is 16.8. The maximum Gasteiger partial charge on any atom is 0.129 e. The summed E-state index contributed by atoms with van der Waals surface area (Å²) in [5.74, 6) is 2.01. The summed E-state index contributed by atoms with van der Waals surface area (Å²) in [7, 11) is 0. The molecule has 0 N–H and O–H groups in total. The van der Waals surface area contributed by atoms with E-state index in [-0.39, 0.29) is 12.2 Å². The lowest BCUT2D eigenvalue weighted by atomic mass is 9.68. The Morgan fingerprint density at radius 3 is 1.89 bits per heavy atom. The third-order valence-electron chi connectivity index (χ3n) is 7.35. The number of halogens is 3. The van der Waals surface area contributed by atoms with Gasteiger partial charge in [0.25, 0.3) is 0 Å². The van der Waals surface area contributed by atoms with Gasteiger partial charge in [0, 0.05) is 5.56 Å². The lowest BCUT2D eigenvalue weighted by Crippen LogP contribution is -2.25. The molecule has 0 atom stereocenters. The molecule has 0 aromatic heterocycles. The average molecular weight is 381 g/mol. The number of benzene rings is 1. The Morgan fingerprint density at radius 2 is 1.33 bits per heavy atom. The van der Waals surface area contributed by atoms with E-state index in [1.165, 1.54) is 58.3 Å². The molecule has 0 unspecified atom stereocenters. The summed E-state index contributed by atoms with van der Waals surface area (Å²) in [6.45, 7) is 1.33. The molecule has 27 heavy (non-hydrogen) atoms. The van der Waals surface area contributed by atoms with Crippen molar-refractivity contribution in [3.05, 3.63) is 34.9 Å². The molecule has 0 saturated heterocycles. The molecule has 3 heteroatoms. The Morgan fingerprint density at radius 1 is 0.778 bits per heavy atom.